The van der Waals surface area contributed by atoms with Gasteiger partial charge in [0, 0.05) is 147 Å². The number of piperidine rings is 4. The van der Waals surface area contributed by atoms with Gasteiger partial charge in [-0.1, -0.05) is 151 Å². The van der Waals surface area contributed by atoms with E-state index in [2.05, 4.69) is 118 Å². The second kappa shape index (κ2) is 46.3. The molecular weight excluding hydrogens is 1640 g/mol. The molecule has 8 aromatic carbocycles. The summed E-state index contributed by atoms with van der Waals surface area (Å²) in [6.45, 7) is 32.3. The van der Waals surface area contributed by atoms with Crippen LogP contribution in [-0.2, 0) is 37.9 Å². The fourth-order valence-corrected chi connectivity index (χ4v) is 20.1. The van der Waals surface area contributed by atoms with Crippen LogP contribution in [-0.4, -0.2) is 193 Å². The van der Waals surface area contributed by atoms with Crippen molar-refractivity contribution in [3.8, 4) is 23.0 Å². The first-order valence-electron chi connectivity index (χ1n) is 47.6. The number of likely N-dealkylation sites (tertiary alicyclic amines) is 4. The summed E-state index contributed by atoms with van der Waals surface area (Å²) in [6, 6.07) is 69.5. The highest BCUT2D eigenvalue weighted by Gasteiger charge is 2.50. The summed E-state index contributed by atoms with van der Waals surface area (Å²) in [5, 5.41) is 0.462. The molecule has 0 aromatic heterocycles. The second-order valence-corrected chi connectivity index (χ2v) is 37.3. The van der Waals surface area contributed by atoms with Gasteiger partial charge in [0.2, 0.25) is 0 Å². The maximum atomic E-state index is 13.3. The lowest BCUT2D eigenvalue weighted by molar-refractivity contribution is -0.191. The summed E-state index contributed by atoms with van der Waals surface area (Å²) < 4.78 is 74.3. The van der Waals surface area contributed by atoms with Gasteiger partial charge in [-0.2, -0.15) is 0 Å². The van der Waals surface area contributed by atoms with Crippen LogP contribution < -0.4 is 18.9 Å². The lowest BCUT2D eigenvalue weighted by Crippen LogP contribution is -2.52. The average Bonchev–Trinajstić information content (AvgIpc) is 0.787. The van der Waals surface area contributed by atoms with Crippen LogP contribution in [0.3, 0.4) is 0 Å². The largest absolute Gasteiger partial charge is 0.491 e. The van der Waals surface area contributed by atoms with Crippen molar-refractivity contribution in [1.29, 1.82) is 0 Å². The minimum atomic E-state index is -0.262. The number of halogens is 1. The smallest absolute Gasteiger partial charge is 0.257 e. The summed E-state index contributed by atoms with van der Waals surface area (Å²) >= 11 is 6.36. The van der Waals surface area contributed by atoms with Gasteiger partial charge in [-0.05, 0) is 230 Å². The molecule has 8 aliphatic rings. The van der Waals surface area contributed by atoms with E-state index in [0.717, 1.165) is 114 Å². The molecule has 694 valence electrons. The zero-order valence-electron chi connectivity index (χ0n) is 78.1. The third kappa shape index (κ3) is 26.6. The lowest BCUT2D eigenvalue weighted by Gasteiger charge is -2.48. The number of carbonyl (C=O) groups excluding carboxylic acids is 4. The van der Waals surface area contributed by atoms with E-state index in [-0.39, 0.29) is 119 Å². The van der Waals surface area contributed by atoms with Crippen molar-refractivity contribution in [3.63, 3.8) is 0 Å². The van der Waals surface area contributed by atoms with Crippen molar-refractivity contribution in [2.45, 2.75) is 281 Å². The third-order valence-electron chi connectivity index (χ3n) is 26.0. The number of rotatable bonds is 24. The Morgan fingerprint density at radius 1 is 0.318 bits per heavy atom. The number of para-hydroxylation sites is 1. The fourth-order valence-electron chi connectivity index (χ4n) is 19.9. The fraction of sp³-hybridized carbons (Fsp3) is 0.519. The molecule has 0 saturated carbocycles. The van der Waals surface area contributed by atoms with E-state index < -0.39 is 0 Å². The predicted molar refractivity (Wildman–Crippen MR) is 505 cm³/mol. The molecule has 8 aromatic rings. The molecule has 8 atom stereocenters. The minimum Gasteiger partial charge on any atom is -0.491 e. The van der Waals surface area contributed by atoms with Crippen LogP contribution in [0.15, 0.2) is 212 Å². The van der Waals surface area contributed by atoms with Crippen molar-refractivity contribution in [2.24, 2.45) is 0 Å². The molecule has 4 spiro atoms. The molecule has 0 aliphatic carbocycles. The number of carbonyl (C=O) groups is 4. The Morgan fingerprint density at radius 2 is 0.612 bits per heavy atom. The van der Waals surface area contributed by atoms with E-state index in [4.69, 9.17) is 68.4 Å². The molecule has 16 rings (SSSR count). The van der Waals surface area contributed by atoms with E-state index >= 15 is 0 Å². The number of hydrogen-bond acceptors (Lipinski definition) is 16. The van der Waals surface area contributed by atoms with Crippen molar-refractivity contribution in [3.05, 3.63) is 262 Å². The van der Waals surface area contributed by atoms with Gasteiger partial charge in [0.05, 0.1) is 106 Å². The quantitative estimate of drug-likeness (QED) is 0.0554. The molecule has 21 heteroatoms. The first kappa shape index (κ1) is 97.3. The molecule has 8 saturated heterocycles. The Morgan fingerprint density at radius 3 is 0.946 bits per heavy atom. The summed E-state index contributed by atoms with van der Waals surface area (Å²) in [4.78, 5) is 60.5. The summed E-state index contributed by atoms with van der Waals surface area (Å²) in [5.74, 6) is 2.96. The van der Waals surface area contributed by atoms with Crippen LogP contribution >= 0.6 is 11.6 Å². The van der Waals surface area contributed by atoms with Crippen molar-refractivity contribution < 1.29 is 76.0 Å². The molecule has 0 bridgehead atoms. The van der Waals surface area contributed by atoms with E-state index in [1.54, 1.807) is 18.2 Å². The van der Waals surface area contributed by atoms with Crippen molar-refractivity contribution in [1.82, 2.24) is 19.6 Å². The molecule has 0 N–H and O–H groups in total. The molecule has 8 fully saturated rings. The Hall–Kier alpha value is -9.19. The van der Waals surface area contributed by atoms with Gasteiger partial charge in [0.25, 0.3) is 23.6 Å². The van der Waals surface area contributed by atoms with E-state index in [9.17, 15) is 19.2 Å². The maximum Gasteiger partial charge on any atom is 0.257 e. The zero-order valence-corrected chi connectivity index (χ0v) is 78.9. The van der Waals surface area contributed by atoms with Gasteiger partial charge in [-0.3, -0.25) is 19.2 Å². The number of benzene rings is 8. The first-order chi connectivity index (χ1) is 62.3. The Kier molecular flexibility index (Phi) is 34.9. The minimum absolute atomic E-state index is 0.000348. The second-order valence-electron chi connectivity index (χ2n) is 36.9. The van der Waals surface area contributed by atoms with Crippen LogP contribution in [0.5, 0.6) is 23.0 Å². The molecule has 8 aliphatic heterocycles. The predicted octanol–water partition coefficient (Wildman–Crippen LogP) is 22.3. The molecule has 0 radical (unpaired) electrons. The molecule has 129 heavy (non-hydrogen) atoms. The van der Waals surface area contributed by atoms with E-state index in [1.807, 2.05) is 179 Å². The molecular formula is C108H139ClN4O16. The summed E-state index contributed by atoms with van der Waals surface area (Å²) in [7, 11) is 0. The number of ether oxygens (including phenoxy) is 12. The highest BCUT2D eigenvalue weighted by Crippen LogP contribution is 2.50. The molecule has 20 nitrogen and oxygen atoms in total. The van der Waals surface area contributed by atoms with Gasteiger partial charge in [-0.25, -0.2) is 0 Å². The summed E-state index contributed by atoms with van der Waals surface area (Å²) in [5.41, 5.74) is 6.44. The van der Waals surface area contributed by atoms with Crippen LogP contribution in [0.1, 0.15) is 274 Å². The Bertz CT molecular complexity index is 4800. The number of nitrogens with zero attached hydrogens (tertiary/aromatic N) is 4. The van der Waals surface area contributed by atoms with Gasteiger partial charge in [0.1, 0.15) is 23.0 Å². The number of amides is 4. The summed E-state index contributed by atoms with van der Waals surface area (Å²) in [6.07, 6.45) is 14.7. The SMILES string of the molecule is CCOC1CC(c2ccccc2)OC2(CCN(C(=O)c3ccc(OC(C)C)c(Cl)c3)CC2)C1.CCOC1CC(c2ccccc2)OC2(CCN(C(=O)c3ccc(OC(C)C)cc3)CC2)C1.CCOC1CC(c2ccccc2)OC2(CCN(C(=O)c3cccc(OC(C)C)c3)CC2)C1.CCOC1CC(c2ccccc2)OC2(CCN(C(=O)c3ccccc3OC(C)C)CC2)C1. The van der Waals surface area contributed by atoms with Crippen LogP contribution in [0.4, 0.5) is 0 Å². The number of hydrogen-bond donors (Lipinski definition) is 0. The maximum absolute atomic E-state index is 13.3. The van der Waals surface area contributed by atoms with Gasteiger partial charge in [0.15, 0.2) is 0 Å². The highest BCUT2D eigenvalue weighted by atomic mass is 35.5. The molecule has 8 heterocycles. The standard InChI is InChI=1S/C27H34ClNO4.3C27H35NO4/c1-4-31-22-17-25(20-8-6-5-7-9-20)33-27(18-22)12-14-29(15-13-27)26(30)21-10-11-24(23(28)16-21)32-19(2)3;1-4-30-22-18-25(21-10-6-5-7-11-21)32-27(19-22)14-16-28(17-15-27)26(29)23-12-8-9-13-24(23)31-20(2)3;1-4-30-24-18-25(21-9-6-5-7-10-21)32-27(19-24)13-15-28(16-14-27)26(29)22-11-8-12-23(17-22)31-20(2)3;1-4-30-24-18-25(21-8-6-5-7-9-21)32-27(19-24)14-16-28(17-15-27)26(29)22-10-12-23(13-11-22)31-20(2)3/h5-11,16,19,22,25H,4,12-15,17-18H2,1-3H3;5-13,20,22,25H,4,14-19H2,1-3H3;5-12,17,20,24-25H,4,13-16,18-19H2,1-3H3;5-13,20,24-25H,4,14-19H2,1-3H3. The van der Waals surface area contributed by atoms with Gasteiger partial charge in [-0.15, -0.1) is 0 Å². The van der Waals surface area contributed by atoms with Crippen LogP contribution in [0.25, 0.3) is 0 Å². The average molecular weight is 1780 g/mol. The van der Waals surface area contributed by atoms with Gasteiger partial charge < -0.3 is 76.4 Å². The molecule has 4 amide bonds. The zero-order chi connectivity index (χ0) is 91.1. The van der Waals surface area contributed by atoms with E-state index in [1.165, 1.54) is 22.3 Å². The van der Waals surface area contributed by atoms with Crippen molar-refractivity contribution >= 4 is 35.2 Å². The topological polar surface area (TPSA) is 192 Å². The first-order valence-corrected chi connectivity index (χ1v) is 48.0. The van der Waals surface area contributed by atoms with Crippen LogP contribution in [0.2, 0.25) is 5.02 Å². The Balaban J connectivity index is 0.000000147. The highest BCUT2D eigenvalue weighted by molar-refractivity contribution is 6.32. The van der Waals surface area contributed by atoms with Crippen molar-refractivity contribution in [2.75, 3.05) is 78.8 Å². The van der Waals surface area contributed by atoms with Crippen LogP contribution in [0, 0.1) is 0 Å². The Labute approximate surface area is 771 Å². The monoisotopic (exact) mass is 1780 g/mol. The molecule has 8 unspecified atom stereocenters. The lowest BCUT2D eigenvalue weighted by atomic mass is 9.80. The third-order valence-corrected chi connectivity index (χ3v) is 26.3. The normalized spacial score (nSPS) is 22.7. The van der Waals surface area contributed by atoms with Gasteiger partial charge >= 0.3 is 0 Å². The van der Waals surface area contributed by atoms with E-state index in [0.29, 0.717) is 118 Å².